The molecular weight excluding hydrogens is 216 g/mol. The maximum Gasteiger partial charge on any atom is 0.314 e. The topological polar surface area (TPSA) is 55.6 Å². The number of rotatable bonds is 5. The molecule has 0 amide bonds. The molecule has 0 aliphatic rings. The summed E-state index contributed by atoms with van der Waals surface area (Å²) in [5.41, 5.74) is 7.70. The van der Waals surface area contributed by atoms with Crippen molar-refractivity contribution in [3.05, 3.63) is 35.4 Å². The third-order valence-electron chi connectivity index (χ3n) is 2.57. The summed E-state index contributed by atoms with van der Waals surface area (Å²) in [5, 5.41) is 0. The summed E-state index contributed by atoms with van der Waals surface area (Å²) in [6.07, 6.45) is 0. The Labute approximate surface area is 102 Å². The van der Waals surface area contributed by atoms with E-state index >= 15 is 0 Å². The highest BCUT2D eigenvalue weighted by Gasteiger charge is 2.19. The molecule has 17 heavy (non-hydrogen) atoms. The number of hydrogen-bond donors (Lipinski definition) is 1. The molecule has 1 aromatic carbocycles. The molecule has 0 bridgehead atoms. The molecule has 0 aliphatic carbocycles. The number of nitrogens with zero attached hydrogens (tertiary/aromatic N) is 1. The van der Waals surface area contributed by atoms with Crippen molar-refractivity contribution >= 4 is 5.97 Å². The fourth-order valence-electron chi connectivity index (χ4n) is 1.78. The highest BCUT2D eigenvalue weighted by atomic mass is 16.5. The van der Waals surface area contributed by atoms with Crippen molar-refractivity contribution in [2.24, 2.45) is 5.73 Å². The second-order valence-electron chi connectivity index (χ2n) is 4.29. The standard InChI is InChI=1S/C13H20N2O2/c1-15(2)9-10-5-4-6-11(7-10)12(8-14)13(16)17-3/h4-7,12H,8-9,14H2,1-3H3. The number of methoxy groups -OCH3 is 1. The molecule has 4 heteroatoms. The fraction of sp³-hybridized carbons (Fsp3) is 0.462. The van der Waals surface area contributed by atoms with Crippen molar-refractivity contribution in [3.63, 3.8) is 0 Å². The van der Waals surface area contributed by atoms with Crippen LogP contribution in [0.25, 0.3) is 0 Å². The lowest BCUT2D eigenvalue weighted by atomic mass is 9.97. The number of carbonyl (C=O) groups is 1. The van der Waals surface area contributed by atoms with Gasteiger partial charge in [-0.2, -0.15) is 0 Å². The number of hydrogen-bond acceptors (Lipinski definition) is 4. The van der Waals surface area contributed by atoms with Gasteiger partial charge >= 0.3 is 5.97 Å². The zero-order valence-corrected chi connectivity index (χ0v) is 10.6. The van der Waals surface area contributed by atoms with Crippen molar-refractivity contribution in [2.45, 2.75) is 12.5 Å². The summed E-state index contributed by atoms with van der Waals surface area (Å²) in [6, 6.07) is 7.90. The van der Waals surface area contributed by atoms with Gasteiger partial charge < -0.3 is 15.4 Å². The molecule has 0 heterocycles. The molecule has 0 saturated carbocycles. The first-order chi connectivity index (χ1) is 8.08. The summed E-state index contributed by atoms with van der Waals surface area (Å²) in [4.78, 5) is 13.6. The van der Waals surface area contributed by atoms with E-state index in [1.807, 2.05) is 38.4 Å². The van der Waals surface area contributed by atoms with E-state index in [4.69, 9.17) is 10.5 Å². The Kier molecular flexibility index (Phi) is 5.12. The van der Waals surface area contributed by atoms with Crippen molar-refractivity contribution in [3.8, 4) is 0 Å². The van der Waals surface area contributed by atoms with E-state index in [0.717, 1.165) is 17.7 Å². The van der Waals surface area contributed by atoms with Crippen LogP contribution in [0.4, 0.5) is 0 Å². The van der Waals surface area contributed by atoms with Crippen LogP contribution in [0.1, 0.15) is 17.0 Å². The van der Waals surface area contributed by atoms with Gasteiger partial charge in [0, 0.05) is 13.1 Å². The average molecular weight is 236 g/mol. The minimum absolute atomic E-state index is 0.262. The molecular formula is C13H20N2O2. The Hall–Kier alpha value is -1.39. The summed E-state index contributed by atoms with van der Waals surface area (Å²) in [6.45, 7) is 1.10. The molecule has 0 spiro atoms. The van der Waals surface area contributed by atoms with E-state index in [2.05, 4.69) is 4.90 Å². The lowest BCUT2D eigenvalue weighted by Gasteiger charge is -2.15. The average Bonchev–Trinajstić information content (AvgIpc) is 2.29. The van der Waals surface area contributed by atoms with Crippen LogP contribution in [0.2, 0.25) is 0 Å². The molecule has 4 nitrogen and oxygen atoms in total. The Morgan fingerprint density at radius 1 is 1.47 bits per heavy atom. The van der Waals surface area contributed by atoms with E-state index in [1.54, 1.807) is 0 Å². The van der Waals surface area contributed by atoms with E-state index in [-0.39, 0.29) is 18.4 Å². The summed E-state index contributed by atoms with van der Waals surface area (Å²) in [7, 11) is 5.40. The summed E-state index contributed by atoms with van der Waals surface area (Å²) in [5.74, 6) is -0.656. The van der Waals surface area contributed by atoms with Gasteiger partial charge in [-0.3, -0.25) is 4.79 Å². The maximum atomic E-state index is 11.6. The van der Waals surface area contributed by atoms with Crippen LogP contribution in [0.3, 0.4) is 0 Å². The van der Waals surface area contributed by atoms with Gasteiger partial charge in [-0.15, -0.1) is 0 Å². The lowest BCUT2D eigenvalue weighted by Crippen LogP contribution is -2.23. The first kappa shape index (κ1) is 13.7. The van der Waals surface area contributed by atoms with Crippen LogP contribution in [-0.2, 0) is 16.1 Å². The lowest BCUT2D eigenvalue weighted by molar-refractivity contribution is -0.142. The SMILES string of the molecule is COC(=O)C(CN)c1cccc(CN(C)C)c1. The Balaban J connectivity index is 2.92. The highest BCUT2D eigenvalue weighted by molar-refractivity contribution is 5.78. The summed E-state index contributed by atoms with van der Waals surface area (Å²) >= 11 is 0. The van der Waals surface area contributed by atoms with Crippen LogP contribution in [0.5, 0.6) is 0 Å². The normalized spacial score (nSPS) is 12.5. The van der Waals surface area contributed by atoms with E-state index in [1.165, 1.54) is 7.11 Å². The monoisotopic (exact) mass is 236 g/mol. The Morgan fingerprint density at radius 3 is 2.71 bits per heavy atom. The molecule has 2 N–H and O–H groups in total. The predicted octanol–water partition coefficient (Wildman–Crippen LogP) is 0.963. The van der Waals surface area contributed by atoms with Crippen LogP contribution in [-0.4, -0.2) is 38.6 Å². The van der Waals surface area contributed by atoms with Gasteiger partial charge in [0.05, 0.1) is 13.0 Å². The van der Waals surface area contributed by atoms with E-state index < -0.39 is 0 Å². The fourth-order valence-corrected chi connectivity index (χ4v) is 1.78. The van der Waals surface area contributed by atoms with Gasteiger partial charge in [-0.1, -0.05) is 24.3 Å². The van der Waals surface area contributed by atoms with Gasteiger partial charge in [0.1, 0.15) is 0 Å². The predicted molar refractivity (Wildman–Crippen MR) is 67.6 cm³/mol. The quantitative estimate of drug-likeness (QED) is 0.774. The van der Waals surface area contributed by atoms with E-state index in [0.29, 0.717) is 0 Å². The first-order valence-electron chi connectivity index (χ1n) is 5.60. The number of nitrogens with two attached hydrogens (primary N) is 1. The second-order valence-corrected chi connectivity index (χ2v) is 4.29. The zero-order chi connectivity index (χ0) is 12.8. The van der Waals surface area contributed by atoms with E-state index in [9.17, 15) is 4.79 Å². The Bertz CT molecular complexity index is 377. The van der Waals surface area contributed by atoms with Gasteiger partial charge in [-0.25, -0.2) is 0 Å². The van der Waals surface area contributed by atoms with Crippen LogP contribution >= 0.6 is 0 Å². The zero-order valence-electron chi connectivity index (χ0n) is 10.6. The van der Waals surface area contributed by atoms with Gasteiger partial charge in [-0.05, 0) is 25.2 Å². The molecule has 94 valence electrons. The minimum atomic E-state index is -0.373. The van der Waals surface area contributed by atoms with Gasteiger partial charge in [0.15, 0.2) is 0 Å². The minimum Gasteiger partial charge on any atom is -0.469 e. The van der Waals surface area contributed by atoms with Gasteiger partial charge in [0.2, 0.25) is 0 Å². The first-order valence-corrected chi connectivity index (χ1v) is 5.60. The van der Waals surface area contributed by atoms with Crippen molar-refractivity contribution in [1.29, 1.82) is 0 Å². The number of esters is 1. The molecule has 1 unspecified atom stereocenters. The number of benzene rings is 1. The largest absolute Gasteiger partial charge is 0.469 e. The third kappa shape index (κ3) is 3.84. The van der Waals surface area contributed by atoms with Crippen molar-refractivity contribution in [1.82, 2.24) is 4.90 Å². The maximum absolute atomic E-state index is 11.6. The Morgan fingerprint density at radius 2 is 2.18 bits per heavy atom. The molecule has 1 aromatic rings. The molecule has 0 radical (unpaired) electrons. The van der Waals surface area contributed by atoms with Crippen molar-refractivity contribution < 1.29 is 9.53 Å². The molecule has 0 aromatic heterocycles. The molecule has 1 rings (SSSR count). The highest BCUT2D eigenvalue weighted by Crippen LogP contribution is 2.18. The van der Waals surface area contributed by atoms with Crippen molar-refractivity contribution in [2.75, 3.05) is 27.7 Å². The number of carbonyl (C=O) groups excluding carboxylic acids is 1. The molecule has 0 saturated heterocycles. The van der Waals surface area contributed by atoms with Gasteiger partial charge in [0.25, 0.3) is 0 Å². The smallest absolute Gasteiger partial charge is 0.314 e. The second kappa shape index (κ2) is 6.37. The molecule has 1 atom stereocenters. The number of ether oxygens (including phenoxy) is 1. The summed E-state index contributed by atoms with van der Waals surface area (Å²) < 4.78 is 4.75. The van der Waals surface area contributed by atoms with Crippen LogP contribution in [0, 0.1) is 0 Å². The third-order valence-corrected chi connectivity index (χ3v) is 2.57. The van der Waals surface area contributed by atoms with Crippen LogP contribution < -0.4 is 5.73 Å². The van der Waals surface area contributed by atoms with Crippen LogP contribution in [0.15, 0.2) is 24.3 Å². The molecule has 0 fully saturated rings. The molecule has 0 aliphatic heterocycles.